The first-order valence-corrected chi connectivity index (χ1v) is 5.97. The summed E-state index contributed by atoms with van der Waals surface area (Å²) in [6.45, 7) is 0. The molecule has 0 saturated heterocycles. The maximum absolute atomic E-state index is 5.24. The summed E-state index contributed by atoms with van der Waals surface area (Å²) in [5, 5.41) is 6.96. The average molecular weight is 267 g/mol. The lowest BCUT2D eigenvalue weighted by Crippen LogP contribution is -2.19. The van der Waals surface area contributed by atoms with E-state index in [1.807, 2.05) is 7.05 Å². The van der Waals surface area contributed by atoms with Crippen molar-refractivity contribution in [3.8, 4) is 11.8 Å². The molecule has 0 bridgehead atoms. The first-order valence-electron chi connectivity index (χ1n) is 5.19. The van der Waals surface area contributed by atoms with Crippen molar-refractivity contribution in [1.82, 2.24) is 24.9 Å². The fourth-order valence-corrected chi connectivity index (χ4v) is 2.15. The Labute approximate surface area is 108 Å². The van der Waals surface area contributed by atoms with Crippen LogP contribution in [0.15, 0.2) is 12.4 Å². The molecule has 2 rings (SSSR count). The molecule has 2 aromatic rings. The Bertz CT molecular complexity index is 505. The summed E-state index contributed by atoms with van der Waals surface area (Å²) in [5.74, 6) is 0.829. The van der Waals surface area contributed by atoms with Crippen LogP contribution in [0.3, 0.4) is 0 Å². The number of methoxy groups -OCH3 is 2. The minimum atomic E-state index is -0.154. The molecule has 8 heteroatoms. The van der Waals surface area contributed by atoms with Crippen molar-refractivity contribution in [1.29, 1.82) is 0 Å². The van der Waals surface area contributed by atoms with Crippen molar-refractivity contribution < 1.29 is 9.47 Å². The molecule has 1 unspecified atom stereocenters. The number of hydrogen-bond donors (Lipinski definition) is 1. The third-order valence-electron chi connectivity index (χ3n) is 2.37. The van der Waals surface area contributed by atoms with Crippen LogP contribution < -0.4 is 14.8 Å². The van der Waals surface area contributed by atoms with E-state index in [1.54, 1.807) is 19.5 Å². The fraction of sp³-hybridized carbons (Fsp3) is 0.400. The Morgan fingerprint density at radius 3 is 2.67 bits per heavy atom. The van der Waals surface area contributed by atoms with Crippen LogP contribution in [0.4, 0.5) is 0 Å². The lowest BCUT2D eigenvalue weighted by molar-refractivity contribution is 0.353. The number of aromatic nitrogens is 4. The molecule has 0 fully saturated rings. The van der Waals surface area contributed by atoms with E-state index < -0.39 is 0 Å². The molecular weight excluding hydrogens is 254 g/mol. The van der Waals surface area contributed by atoms with Gasteiger partial charge in [-0.05, 0) is 18.6 Å². The maximum atomic E-state index is 5.24. The molecule has 0 amide bonds. The van der Waals surface area contributed by atoms with Gasteiger partial charge in [-0.2, -0.15) is 4.98 Å². The number of nitrogens with zero attached hydrogens (tertiary/aromatic N) is 4. The van der Waals surface area contributed by atoms with Crippen molar-refractivity contribution in [3.63, 3.8) is 0 Å². The molecule has 0 aromatic carbocycles. The Morgan fingerprint density at radius 1 is 1.28 bits per heavy atom. The molecule has 0 aliphatic heterocycles. The summed E-state index contributed by atoms with van der Waals surface area (Å²) in [6.07, 6.45) is 3.24. The van der Waals surface area contributed by atoms with Crippen LogP contribution in [0.25, 0.3) is 0 Å². The second-order valence-electron chi connectivity index (χ2n) is 3.35. The van der Waals surface area contributed by atoms with Gasteiger partial charge in [0.05, 0.1) is 37.5 Å². The second-order valence-corrected chi connectivity index (χ2v) is 4.17. The van der Waals surface area contributed by atoms with Crippen LogP contribution >= 0.6 is 11.5 Å². The minimum Gasteiger partial charge on any atom is -0.480 e. The van der Waals surface area contributed by atoms with Crippen molar-refractivity contribution in [2.75, 3.05) is 21.3 Å². The molecule has 7 nitrogen and oxygen atoms in total. The zero-order valence-electron chi connectivity index (χ0n) is 10.2. The normalized spacial score (nSPS) is 12.2. The van der Waals surface area contributed by atoms with Gasteiger partial charge in [-0.1, -0.05) is 4.49 Å². The lowest BCUT2D eigenvalue weighted by atomic mass is 10.2. The van der Waals surface area contributed by atoms with E-state index in [2.05, 4.69) is 24.9 Å². The van der Waals surface area contributed by atoms with Crippen LogP contribution in [0.5, 0.6) is 11.8 Å². The summed E-state index contributed by atoms with van der Waals surface area (Å²) in [6, 6.07) is -0.154. The van der Waals surface area contributed by atoms with Gasteiger partial charge >= 0.3 is 0 Å². The summed E-state index contributed by atoms with van der Waals surface area (Å²) < 4.78 is 14.1. The molecule has 0 radical (unpaired) electrons. The SMILES string of the molecule is CNC(c1cnns1)c1ncc(OC)nc1OC. The Kier molecular flexibility index (Phi) is 4.00. The van der Waals surface area contributed by atoms with Crippen molar-refractivity contribution in [3.05, 3.63) is 23.0 Å². The van der Waals surface area contributed by atoms with E-state index in [0.717, 1.165) is 4.88 Å². The molecule has 1 N–H and O–H groups in total. The zero-order chi connectivity index (χ0) is 13.0. The number of nitrogens with one attached hydrogen (secondary N) is 1. The van der Waals surface area contributed by atoms with Crippen LogP contribution in [0.2, 0.25) is 0 Å². The van der Waals surface area contributed by atoms with Crippen molar-refractivity contribution in [2.24, 2.45) is 0 Å². The Balaban J connectivity index is 2.42. The van der Waals surface area contributed by atoms with Crippen molar-refractivity contribution >= 4 is 11.5 Å². The van der Waals surface area contributed by atoms with Gasteiger partial charge in [0, 0.05) is 0 Å². The third-order valence-corrected chi connectivity index (χ3v) is 3.10. The van der Waals surface area contributed by atoms with Gasteiger partial charge in [-0.3, -0.25) is 0 Å². The largest absolute Gasteiger partial charge is 0.480 e. The van der Waals surface area contributed by atoms with Crippen LogP contribution in [0, 0.1) is 0 Å². The van der Waals surface area contributed by atoms with Gasteiger partial charge in [0.25, 0.3) is 0 Å². The zero-order valence-corrected chi connectivity index (χ0v) is 11.1. The standard InChI is InChI=1S/C10H13N5O2S/c1-11-8(6-4-13-15-18-6)9-10(17-3)14-7(16-2)5-12-9/h4-5,8,11H,1-3H3. The van der Waals surface area contributed by atoms with E-state index in [1.165, 1.54) is 18.6 Å². The summed E-state index contributed by atoms with van der Waals surface area (Å²) in [4.78, 5) is 9.47. The van der Waals surface area contributed by atoms with Crippen LogP contribution in [-0.2, 0) is 0 Å². The third kappa shape index (κ3) is 2.39. The molecule has 18 heavy (non-hydrogen) atoms. The van der Waals surface area contributed by atoms with Gasteiger partial charge in [0.2, 0.25) is 11.8 Å². The van der Waals surface area contributed by atoms with E-state index in [0.29, 0.717) is 17.5 Å². The quantitative estimate of drug-likeness (QED) is 0.851. The predicted molar refractivity (Wildman–Crippen MR) is 65.9 cm³/mol. The minimum absolute atomic E-state index is 0.154. The predicted octanol–water partition coefficient (Wildman–Crippen LogP) is 0.654. The van der Waals surface area contributed by atoms with E-state index >= 15 is 0 Å². The second kappa shape index (κ2) is 5.69. The fourth-order valence-electron chi connectivity index (χ4n) is 1.53. The highest BCUT2D eigenvalue weighted by Crippen LogP contribution is 2.28. The Hall–Kier alpha value is -1.80. The van der Waals surface area contributed by atoms with E-state index in [-0.39, 0.29) is 6.04 Å². The first-order chi connectivity index (χ1) is 8.80. The highest BCUT2D eigenvalue weighted by molar-refractivity contribution is 7.05. The summed E-state index contributed by atoms with van der Waals surface area (Å²) >= 11 is 1.30. The molecule has 0 aliphatic rings. The maximum Gasteiger partial charge on any atom is 0.240 e. The van der Waals surface area contributed by atoms with Crippen molar-refractivity contribution in [2.45, 2.75) is 6.04 Å². The summed E-state index contributed by atoms with van der Waals surface area (Å²) in [5.41, 5.74) is 0.673. The molecule has 2 aromatic heterocycles. The van der Waals surface area contributed by atoms with Gasteiger partial charge in [0.15, 0.2) is 0 Å². The molecule has 0 saturated carbocycles. The molecule has 0 aliphatic carbocycles. The van der Waals surface area contributed by atoms with E-state index in [4.69, 9.17) is 9.47 Å². The topological polar surface area (TPSA) is 82.1 Å². The smallest absolute Gasteiger partial charge is 0.240 e. The van der Waals surface area contributed by atoms with Crippen LogP contribution in [0.1, 0.15) is 16.6 Å². The Morgan fingerprint density at radius 2 is 2.11 bits per heavy atom. The number of ether oxygens (including phenoxy) is 2. The highest BCUT2D eigenvalue weighted by Gasteiger charge is 2.22. The number of hydrogen-bond acceptors (Lipinski definition) is 8. The average Bonchev–Trinajstić information content (AvgIpc) is 2.94. The summed E-state index contributed by atoms with van der Waals surface area (Å²) in [7, 11) is 4.91. The van der Waals surface area contributed by atoms with E-state index in [9.17, 15) is 0 Å². The molecule has 96 valence electrons. The highest BCUT2D eigenvalue weighted by atomic mass is 32.1. The van der Waals surface area contributed by atoms with Gasteiger partial charge < -0.3 is 14.8 Å². The molecule has 2 heterocycles. The van der Waals surface area contributed by atoms with Gasteiger partial charge in [-0.25, -0.2) is 4.98 Å². The van der Waals surface area contributed by atoms with Gasteiger partial charge in [-0.15, -0.1) is 5.10 Å². The number of rotatable bonds is 5. The molecule has 0 spiro atoms. The lowest BCUT2D eigenvalue weighted by Gasteiger charge is -2.15. The molecule has 1 atom stereocenters. The monoisotopic (exact) mass is 267 g/mol. The first kappa shape index (κ1) is 12.7. The molecular formula is C10H13N5O2S. The van der Waals surface area contributed by atoms with Crippen LogP contribution in [-0.4, -0.2) is 40.8 Å². The van der Waals surface area contributed by atoms with Gasteiger partial charge in [0.1, 0.15) is 5.69 Å².